The minimum Gasteiger partial charge on any atom is -0.355 e. The molecular weight excluding hydrogens is 164 g/mol. The van der Waals surface area contributed by atoms with Crippen LogP contribution in [0.15, 0.2) is 0 Å². The molecule has 1 atom stereocenters. The average molecular weight is 186 g/mol. The predicted octanol–water partition coefficient (Wildman–Crippen LogP) is 1.28. The van der Waals surface area contributed by atoms with E-state index in [1.54, 1.807) is 0 Å². The first-order chi connectivity index (χ1) is 5.87. The highest BCUT2D eigenvalue weighted by atomic mass is 16.2. The van der Waals surface area contributed by atoms with Crippen molar-refractivity contribution in [2.45, 2.75) is 46.6 Å². The van der Waals surface area contributed by atoms with Gasteiger partial charge < -0.3 is 11.1 Å². The van der Waals surface area contributed by atoms with E-state index in [0.717, 1.165) is 19.4 Å². The molecule has 0 aromatic rings. The first kappa shape index (κ1) is 12.4. The molecule has 0 bridgehead atoms. The second-order valence-corrected chi connectivity index (χ2v) is 4.66. The van der Waals surface area contributed by atoms with Gasteiger partial charge in [-0.3, -0.25) is 4.79 Å². The number of nitrogens with one attached hydrogen (secondary N) is 1. The van der Waals surface area contributed by atoms with Crippen LogP contribution in [0.1, 0.15) is 40.5 Å². The van der Waals surface area contributed by atoms with Crippen molar-refractivity contribution in [3.05, 3.63) is 0 Å². The Hall–Kier alpha value is -0.570. The molecule has 3 N–H and O–H groups in total. The summed E-state index contributed by atoms with van der Waals surface area (Å²) in [6, 6.07) is -0.369. The van der Waals surface area contributed by atoms with E-state index in [1.165, 1.54) is 0 Å². The zero-order valence-corrected chi connectivity index (χ0v) is 9.18. The quantitative estimate of drug-likeness (QED) is 0.695. The molecule has 0 heterocycles. The Morgan fingerprint density at radius 1 is 1.46 bits per heavy atom. The first-order valence-corrected chi connectivity index (χ1v) is 4.90. The Morgan fingerprint density at radius 3 is 2.38 bits per heavy atom. The largest absolute Gasteiger partial charge is 0.355 e. The molecule has 13 heavy (non-hydrogen) atoms. The molecule has 78 valence electrons. The summed E-state index contributed by atoms with van der Waals surface area (Å²) >= 11 is 0. The number of carbonyl (C=O) groups excluding carboxylic acids is 1. The zero-order valence-electron chi connectivity index (χ0n) is 9.18. The lowest BCUT2D eigenvalue weighted by atomic mass is 9.88. The van der Waals surface area contributed by atoms with Crippen LogP contribution in [0.25, 0.3) is 0 Å². The van der Waals surface area contributed by atoms with E-state index < -0.39 is 0 Å². The van der Waals surface area contributed by atoms with Crippen LogP contribution in [0.4, 0.5) is 0 Å². The van der Waals surface area contributed by atoms with E-state index >= 15 is 0 Å². The normalized spacial score (nSPS) is 13.9. The maximum Gasteiger partial charge on any atom is 0.236 e. The van der Waals surface area contributed by atoms with Crippen LogP contribution in [0.2, 0.25) is 0 Å². The summed E-state index contributed by atoms with van der Waals surface area (Å²) in [5, 5.41) is 2.79. The highest BCUT2D eigenvalue weighted by Crippen LogP contribution is 2.19. The van der Waals surface area contributed by atoms with E-state index in [-0.39, 0.29) is 17.4 Å². The molecule has 0 aromatic carbocycles. The standard InChI is InChI=1S/C10H22N2O/c1-5-6-12-9(13)8(11)7-10(2,3)4/h8H,5-7,11H2,1-4H3,(H,12,13)/t8-/m0/s1. The summed E-state index contributed by atoms with van der Waals surface area (Å²) < 4.78 is 0. The Bertz CT molecular complexity index is 161. The third-order valence-corrected chi connectivity index (χ3v) is 1.72. The van der Waals surface area contributed by atoms with Crippen LogP contribution < -0.4 is 11.1 Å². The van der Waals surface area contributed by atoms with Crippen LogP contribution in [0.5, 0.6) is 0 Å². The van der Waals surface area contributed by atoms with Crippen molar-refractivity contribution >= 4 is 5.91 Å². The topological polar surface area (TPSA) is 55.1 Å². The number of rotatable bonds is 4. The van der Waals surface area contributed by atoms with Crippen LogP contribution in [0.3, 0.4) is 0 Å². The zero-order chi connectivity index (χ0) is 10.5. The molecule has 3 heteroatoms. The second-order valence-electron chi connectivity index (χ2n) is 4.66. The lowest BCUT2D eigenvalue weighted by molar-refractivity contribution is -0.122. The van der Waals surface area contributed by atoms with Crippen LogP contribution in [-0.4, -0.2) is 18.5 Å². The first-order valence-electron chi connectivity index (χ1n) is 4.90. The van der Waals surface area contributed by atoms with Crippen molar-refractivity contribution < 1.29 is 4.79 Å². The molecule has 0 aliphatic rings. The van der Waals surface area contributed by atoms with Gasteiger partial charge in [0.1, 0.15) is 0 Å². The van der Waals surface area contributed by atoms with Gasteiger partial charge in [-0.15, -0.1) is 0 Å². The fraction of sp³-hybridized carbons (Fsp3) is 0.900. The Balaban J connectivity index is 3.83. The van der Waals surface area contributed by atoms with Crippen LogP contribution in [-0.2, 0) is 4.79 Å². The Labute approximate surface area is 81.1 Å². The van der Waals surface area contributed by atoms with Gasteiger partial charge in [0.25, 0.3) is 0 Å². The van der Waals surface area contributed by atoms with Crippen LogP contribution in [0, 0.1) is 5.41 Å². The van der Waals surface area contributed by atoms with Crippen molar-refractivity contribution in [3.8, 4) is 0 Å². The van der Waals surface area contributed by atoms with Crippen molar-refractivity contribution in [2.24, 2.45) is 11.1 Å². The maximum absolute atomic E-state index is 11.3. The molecule has 3 nitrogen and oxygen atoms in total. The summed E-state index contributed by atoms with van der Waals surface area (Å²) in [4.78, 5) is 11.3. The molecule has 0 saturated carbocycles. The molecule has 0 unspecified atom stereocenters. The Morgan fingerprint density at radius 2 is 2.00 bits per heavy atom. The van der Waals surface area contributed by atoms with Gasteiger partial charge in [-0.05, 0) is 18.3 Å². The minimum absolute atomic E-state index is 0.0308. The molecule has 0 aliphatic heterocycles. The van der Waals surface area contributed by atoms with Crippen molar-refractivity contribution in [3.63, 3.8) is 0 Å². The monoisotopic (exact) mass is 186 g/mol. The van der Waals surface area contributed by atoms with Gasteiger partial charge in [0.2, 0.25) is 5.91 Å². The summed E-state index contributed by atoms with van der Waals surface area (Å²) in [6.45, 7) is 8.99. The minimum atomic E-state index is -0.369. The highest BCUT2D eigenvalue weighted by Gasteiger charge is 2.20. The van der Waals surface area contributed by atoms with E-state index in [4.69, 9.17) is 5.73 Å². The number of amides is 1. The Kier molecular flexibility index (Phi) is 4.99. The van der Waals surface area contributed by atoms with E-state index in [2.05, 4.69) is 26.1 Å². The third-order valence-electron chi connectivity index (χ3n) is 1.72. The van der Waals surface area contributed by atoms with Gasteiger partial charge in [0, 0.05) is 6.54 Å². The molecule has 0 aromatic heterocycles. The lowest BCUT2D eigenvalue weighted by Gasteiger charge is -2.22. The summed E-state index contributed by atoms with van der Waals surface area (Å²) in [5.74, 6) is -0.0308. The van der Waals surface area contributed by atoms with Gasteiger partial charge >= 0.3 is 0 Å². The molecule has 1 amide bonds. The molecule has 0 spiro atoms. The number of hydrogen-bond acceptors (Lipinski definition) is 2. The van der Waals surface area contributed by atoms with Gasteiger partial charge in [0.05, 0.1) is 6.04 Å². The van der Waals surface area contributed by atoms with Crippen molar-refractivity contribution in [2.75, 3.05) is 6.54 Å². The van der Waals surface area contributed by atoms with E-state index in [1.807, 2.05) is 6.92 Å². The summed E-state index contributed by atoms with van der Waals surface area (Å²) in [6.07, 6.45) is 1.68. The smallest absolute Gasteiger partial charge is 0.236 e. The maximum atomic E-state index is 11.3. The molecule has 0 fully saturated rings. The van der Waals surface area contributed by atoms with E-state index in [0.29, 0.717) is 0 Å². The SMILES string of the molecule is CCCNC(=O)[C@@H](N)CC(C)(C)C. The van der Waals surface area contributed by atoms with Gasteiger partial charge in [-0.25, -0.2) is 0 Å². The number of nitrogens with two attached hydrogens (primary N) is 1. The summed E-state index contributed by atoms with van der Waals surface area (Å²) in [5.41, 5.74) is 5.85. The summed E-state index contributed by atoms with van der Waals surface area (Å²) in [7, 11) is 0. The fourth-order valence-electron chi connectivity index (χ4n) is 1.13. The van der Waals surface area contributed by atoms with Crippen molar-refractivity contribution in [1.29, 1.82) is 0 Å². The van der Waals surface area contributed by atoms with Crippen LogP contribution >= 0.6 is 0 Å². The predicted molar refractivity (Wildman–Crippen MR) is 55.3 cm³/mol. The molecule has 0 radical (unpaired) electrons. The highest BCUT2D eigenvalue weighted by molar-refractivity contribution is 5.81. The number of carbonyl (C=O) groups is 1. The molecule has 0 saturated heterocycles. The van der Waals surface area contributed by atoms with Gasteiger partial charge in [-0.1, -0.05) is 27.7 Å². The molecule has 0 aliphatic carbocycles. The fourth-order valence-corrected chi connectivity index (χ4v) is 1.13. The second kappa shape index (κ2) is 5.22. The average Bonchev–Trinajstić information content (AvgIpc) is 1.96. The molecular formula is C10H22N2O. The number of hydrogen-bond donors (Lipinski definition) is 2. The van der Waals surface area contributed by atoms with Crippen molar-refractivity contribution in [1.82, 2.24) is 5.32 Å². The third kappa shape index (κ3) is 6.58. The lowest BCUT2D eigenvalue weighted by Crippen LogP contribution is -2.42. The van der Waals surface area contributed by atoms with Gasteiger partial charge in [0.15, 0.2) is 0 Å². The van der Waals surface area contributed by atoms with E-state index in [9.17, 15) is 4.79 Å². The molecule has 0 rings (SSSR count). The van der Waals surface area contributed by atoms with Gasteiger partial charge in [-0.2, -0.15) is 0 Å².